The Kier molecular flexibility index (Phi) is 8.15. The third kappa shape index (κ3) is 5.61. The summed E-state index contributed by atoms with van der Waals surface area (Å²) < 4.78 is 12.3. The molecule has 0 unspecified atom stereocenters. The number of benzene rings is 1. The Morgan fingerprint density at radius 1 is 1.19 bits per heavy atom. The molecule has 1 aromatic carbocycles. The second-order valence-electron chi connectivity index (χ2n) is 7.49. The number of thioether (sulfide) groups is 1. The first kappa shape index (κ1) is 23.6. The van der Waals surface area contributed by atoms with Crippen LogP contribution in [0.2, 0.25) is 0 Å². The highest BCUT2D eigenvalue weighted by Gasteiger charge is 2.14. The van der Waals surface area contributed by atoms with Gasteiger partial charge in [-0.1, -0.05) is 32.5 Å². The molecule has 0 atom stereocenters. The Balaban J connectivity index is 1.72. The summed E-state index contributed by atoms with van der Waals surface area (Å²) >= 11 is 1.59. The molecule has 0 fully saturated rings. The van der Waals surface area contributed by atoms with Crippen LogP contribution < -0.4 is 20.1 Å². The number of fused-ring (bicyclic) bond motifs is 1. The smallest absolute Gasteiger partial charge is 0.251 e. The van der Waals surface area contributed by atoms with E-state index in [9.17, 15) is 4.79 Å². The number of amides is 1. The van der Waals surface area contributed by atoms with Crippen molar-refractivity contribution in [2.24, 2.45) is 5.92 Å². The number of hydrogen-bond donors (Lipinski definition) is 2. The molecule has 0 saturated heterocycles. The topological polar surface area (TPSA) is 103 Å². The molecule has 2 N–H and O–H groups in total. The average Bonchev–Trinajstić information content (AvgIpc) is 3.20. The van der Waals surface area contributed by atoms with Crippen molar-refractivity contribution in [1.29, 1.82) is 0 Å². The van der Waals surface area contributed by atoms with E-state index >= 15 is 0 Å². The number of carbonyl (C=O) groups excluding carboxylic acids is 1. The van der Waals surface area contributed by atoms with Gasteiger partial charge in [-0.15, -0.1) is 0 Å². The van der Waals surface area contributed by atoms with Crippen molar-refractivity contribution in [3.63, 3.8) is 0 Å². The summed E-state index contributed by atoms with van der Waals surface area (Å²) in [6, 6.07) is 5.07. The number of nitrogens with one attached hydrogen (secondary N) is 2. The summed E-state index contributed by atoms with van der Waals surface area (Å²) in [7, 11) is 3.10. The normalized spacial score (nSPS) is 11.1. The quantitative estimate of drug-likeness (QED) is 0.333. The first-order chi connectivity index (χ1) is 15.5. The van der Waals surface area contributed by atoms with Crippen LogP contribution in [0.1, 0.15) is 31.1 Å². The Hall–Kier alpha value is -3.01. The fourth-order valence-corrected chi connectivity index (χ4v) is 3.65. The molecule has 2 heterocycles. The second kappa shape index (κ2) is 11.0. The highest BCUT2D eigenvalue weighted by molar-refractivity contribution is 7.99. The van der Waals surface area contributed by atoms with E-state index in [0.29, 0.717) is 41.2 Å². The lowest BCUT2D eigenvalue weighted by Gasteiger charge is -2.11. The van der Waals surface area contributed by atoms with Crippen LogP contribution in [-0.2, 0) is 6.54 Å². The molecule has 0 spiro atoms. The maximum Gasteiger partial charge on any atom is 0.251 e. The first-order valence-corrected chi connectivity index (χ1v) is 11.6. The van der Waals surface area contributed by atoms with E-state index in [1.54, 1.807) is 55.1 Å². The van der Waals surface area contributed by atoms with Gasteiger partial charge < -0.3 is 20.1 Å². The summed E-state index contributed by atoms with van der Waals surface area (Å²) in [5, 5.41) is 12.4. The lowest BCUT2D eigenvalue weighted by Crippen LogP contribution is -2.27. The average molecular weight is 459 g/mol. The van der Waals surface area contributed by atoms with Crippen molar-refractivity contribution >= 4 is 34.5 Å². The number of ether oxygens (including phenoxy) is 2. The van der Waals surface area contributed by atoms with Gasteiger partial charge >= 0.3 is 0 Å². The van der Waals surface area contributed by atoms with E-state index in [0.717, 1.165) is 29.1 Å². The largest absolute Gasteiger partial charge is 0.493 e. The number of aromatic nitrogens is 4. The zero-order valence-electron chi connectivity index (χ0n) is 19.1. The predicted molar refractivity (Wildman–Crippen MR) is 127 cm³/mol. The highest BCUT2D eigenvalue weighted by Crippen LogP contribution is 2.27. The lowest BCUT2D eigenvalue weighted by atomic mass is 10.2. The van der Waals surface area contributed by atoms with Crippen LogP contribution in [0, 0.1) is 5.92 Å². The van der Waals surface area contributed by atoms with Gasteiger partial charge in [0.15, 0.2) is 22.3 Å². The van der Waals surface area contributed by atoms with Crippen molar-refractivity contribution in [1.82, 2.24) is 25.1 Å². The van der Waals surface area contributed by atoms with Gasteiger partial charge in [0.05, 0.1) is 32.3 Å². The van der Waals surface area contributed by atoms with Gasteiger partial charge in [-0.2, -0.15) is 5.10 Å². The number of hydrogen-bond acceptors (Lipinski definition) is 8. The van der Waals surface area contributed by atoms with Gasteiger partial charge in [-0.25, -0.2) is 14.6 Å². The van der Waals surface area contributed by atoms with Gasteiger partial charge in [0.1, 0.15) is 5.82 Å². The third-order valence-corrected chi connectivity index (χ3v) is 5.41. The van der Waals surface area contributed by atoms with E-state index in [-0.39, 0.29) is 5.91 Å². The molecule has 0 bridgehead atoms. The molecular weight excluding hydrogens is 428 g/mol. The van der Waals surface area contributed by atoms with Crippen molar-refractivity contribution in [3.05, 3.63) is 30.0 Å². The molecule has 172 valence electrons. The molecule has 0 saturated carbocycles. The summed E-state index contributed by atoms with van der Waals surface area (Å²) in [5.74, 6) is 3.06. The zero-order chi connectivity index (χ0) is 23.1. The molecule has 3 rings (SSSR count). The standard InChI is InChI=1S/C22H30N6O3S/c1-6-32-22-26-19(24-12-14(2)3)16-13-25-28(20(16)27-22)10-9-23-21(29)15-7-8-17(30-4)18(11-15)31-5/h7-8,11,13-14H,6,9-10,12H2,1-5H3,(H,23,29)(H,24,26,27). The zero-order valence-corrected chi connectivity index (χ0v) is 20.0. The van der Waals surface area contributed by atoms with Gasteiger partial charge in [0, 0.05) is 18.7 Å². The minimum atomic E-state index is -0.196. The fourth-order valence-electron chi connectivity index (χ4n) is 3.08. The molecule has 0 aliphatic carbocycles. The maximum atomic E-state index is 12.6. The summed E-state index contributed by atoms with van der Waals surface area (Å²) in [5.41, 5.74) is 1.25. The van der Waals surface area contributed by atoms with Crippen molar-refractivity contribution in [2.75, 3.05) is 38.4 Å². The molecular formula is C22H30N6O3S. The van der Waals surface area contributed by atoms with E-state index in [1.807, 2.05) is 0 Å². The Morgan fingerprint density at radius 2 is 1.97 bits per heavy atom. The van der Waals surface area contributed by atoms with E-state index in [1.165, 1.54) is 0 Å². The first-order valence-electron chi connectivity index (χ1n) is 10.6. The SMILES string of the molecule is CCSc1nc(NCC(C)C)c2cnn(CCNC(=O)c3ccc(OC)c(OC)c3)c2n1. The third-order valence-electron chi connectivity index (χ3n) is 4.68. The summed E-state index contributed by atoms with van der Waals surface area (Å²) in [6.07, 6.45) is 1.77. The number of rotatable bonds is 11. The molecule has 32 heavy (non-hydrogen) atoms. The molecule has 2 aromatic heterocycles. The number of nitrogens with zero attached hydrogens (tertiary/aromatic N) is 4. The molecule has 10 heteroatoms. The summed E-state index contributed by atoms with van der Waals surface area (Å²) in [6.45, 7) is 8.07. The van der Waals surface area contributed by atoms with Crippen LogP contribution >= 0.6 is 11.8 Å². The van der Waals surface area contributed by atoms with Gasteiger partial charge in [0.2, 0.25) is 0 Å². The van der Waals surface area contributed by atoms with Crippen molar-refractivity contribution in [2.45, 2.75) is 32.5 Å². The molecule has 1 amide bonds. The maximum absolute atomic E-state index is 12.6. The van der Waals surface area contributed by atoms with Gasteiger partial charge in [-0.3, -0.25) is 4.79 Å². The van der Waals surface area contributed by atoms with Crippen LogP contribution in [0.4, 0.5) is 5.82 Å². The minimum Gasteiger partial charge on any atom is -0.493 e. The second-order valence-corrected chi connectivity index (χ2v) is 8.72. The Labute approximate surface area is 192 Å². The number of methoxy groups -OCH3 is 2. The highest BCUT2D eigenvalue weighted by atomic mass is 32.2. The van der Waals surface area contributed by atoms with Crippen LogP contribution in [0.25, 0.3) is 11.0 Å². The lowest BCUT2D eigenvalue weighted by molar-refractivity contribution is 0.0951. The minimum absolute atomic E-state index is 0.196. The fraction of sp³-hybridized carbons (Fsp3) is 0.455. The Bertz CT molecular complexity index is 1070. The van der Waals surface area contributed by atoms with Crippen LogP contribution in [0.5, 0.6) is 11.5 Å². The predicted octanol–water partition coefficient (Wildman–Crippen LogP) is 3.45. The van der Waals surface area contributed by atoms with Crippen LogP contribution in [0.15, 0.2) is 29.6 Å². The molecule has 0 aliphatic heterocycles. The number of anilines is 1. The molecule has 0 aliphatic rings. The van der Waals surface area contributed by atoms with E-state index in [4.69, 9.17) is 9.47 Å². The van der Waals surface area contributed by atoms with Gasteiger partial charge in [0.25, 0.3) is 5.91 Å². The van der Waals surface area contributed by atoms with Crippen LogP contribution in [0.3, 0.4) is 0 Å². The monoisotopic (exact) mass is 458 g/mol. The van der Waals surface area contributed by atoms with Gasteiger partial charge in [-0.05, 0) is 29.9 Å². The van der Waals surface area contributed by atoms with Crippen LogP contribution in [-0.4, -0.2) is 58.7 Å². The molecule has 3 aromatic rings. The van der Waals surface area contributed by atoms with E-state index < -0.39 is 0 Å². The van der Waals surface area contributed by atoms with Crippen molar-refractivity contribution in [3.8, 4) is 11.5 Å². The molecule has 9 nitrogen and oxygen atoms in total. The summed E-state index contributed by atoms with van der Waals surface area (Å²) in [4.78, 5) is 21.9. The Morgan fingerprint density at radius 3 is 2.66 bits per heavy atom. The van der Waals surface area contributed by atoms with Crippen molar-refractivity contribution < 1.29 is 14.3 Å². The van der Waals surface area contributed by atoms with E-state index in [2.05, 4.69) is 46.5 Å². The number of carbonyl (C=O) groups is 1. The molecule has 0 radical (unpaired) electrons.